The second-order valence-electron chi connectivity index (χ2n) is 5.32. The van der Waals surface area contributed by atoms with E-state index < -0.39 is 0 Å². The van der Waals surface area contributed by atoms with Crippen LogP contribution in [0.4, 0.5) is 0 Å². The molecule has 1 fully saturated rings. The second kappa shape index (κ2) is 7.80. The quantitative estimate of drug-likeness (QED) is 0.756. The van der Waals surface area contributed by atoms with E-state index in [0.29, 0.717) is 12.1 Å². The van der Waals surface area contributed by atoms with Gasteiger partial charge >= 0.3 is 0 Å². The molecule has 2 atom stereocenters. The first-order chi connectivity index (χ1) is 8.90. The average molecular weight is 253 g/mol. The van der Waals surface area contributed by atoms with E-state index in [4.69, 9.17) is 9.47 Å². The molecule has 1 N–H and O–H groups in total. The summed E-state index contributed by atoms with van der Waals surface area (Å²) in [6, 6.07) is 0.398. The summed E-state index contributed by atoms with van der Waals surface area (Å²) in [6.07, 6.45) is 11.0. The number of allylic oxidation sites excluding steroid dienone is 1. The van der Waals surface area contributed by atoms with Gasteiger partial charge in [0.15, 0.2) is 0 Å². The summed E-state index contributed by atoms with van der Waals surface area (Å²) >= 11 is 0. The molecule has 2 heterocycles. The lowest BCUT2D eigenvalue weighted by molar-refractivity contribution is 0.0959. The molecule has 0 aromatic rings. The van der Waals surface area contributed by atoms with Gasteiger partial charge in [0.2, 0.25) is 0 Å². The lowest BCUT2D eigenvalue weighted by atomic mass is 10.0. The first-order valence-corrected chi connectivity index (χ1v) is 7.58. The number of rotatable bonds is 7. The van der Waals surface area contributed by atoms with Crippen LogP contribution in [-0.4, -0.2) is 31.9 Å². The minimum absolute atomic E-state index is 0.398. The molecule has 3 heteroatoms. The number of ether oxygens (including phenoxy) is 2. The molecule has 3 nitrogen and oxygen atoms in total. The molecule has 0 amide bonds. The molecule has 0 spiro atoms. The van der Waals surface area contributed by atoms with Crippen LogP contribution < -0.4 is 5.32 Å². The molecule has 0 aliphatic carbocycles. The van der Waals surface area contributed by atoms with Crippen molar-refractivity contribution in [3.8, 4) is 0 Å². The normalized spacial score (nSPS) is 25.6. The summed E-state index contributed by atoms with van der Waals surface area (Å²) in [5.41, 5.74) is 0. The standard InChI is InChI=1S/C15H27NO2/c1-2-10-16-14(15-7-3-4-11-18-15)9-8-13-6-5-12-17-13/h7,13-14,16H,2-6,8-12H2,1H3. The minimum Gasteiger partial charge on any atom is -0.497 e. The molecule has 0 aromatic carbocycles. The Morgan fingerprint density at radius 1 is 1.39 bits per heavy atom. The first-order valence-electron chi connectivity index (χ1n) is 7.58. The van der Waals surface area contributed by atoms with Crippen molar-refractivity contribution in [2.24, 2.45) is 0 Å². The topological polar surface area (TPSA) is 30.5 Å². The molecule has 2 aliphatic heterocycles. The Morgan fingerprint density at radius 3 is 3.00 bits per heavy atom. The van der Waals surface area contributed by atoms with Gasteiger partial charge in [0.25, 0.3) is 0 Å². The Morgan fingerprint density at radius 2 is 2.33 bits per heavy atom. The molecule has 1 saturated heterocycles. The van der Waals surface area contributed by atoms with Crippen molar-refractivity contribution >= 4 is 0 Å². The maximum Gasteiger partial charge on any atom is 0.109 e. The van der Waals surface area contributed by atoms with Crippen LogP contribution >= 0.6 is 0 Å². The van der Waals surface area contributed by atoms with E-state index in [9.17, 15) is 0 Å². The van der Waals surface area contributed by atoms with Crippen LogP contribution in [0, 0.1) is 0 Å². The van der Waals surface area contributed by atoms with Gasteiger partial charge in [-0.3, -0.25) is 0 Å². The fourth-order valence-corrected chi connectivity index (χ4v) is 2.71. The highest BCUT2D eigenvalue weighted by atomic mass is 16.5. The van der Waals surface area contributed by atoms with E-state index in [0.717, 1.165) is 39.0 Å². The predicted octanol–water partition coefficient (Wildman–Crippen LogP) is 3.01. The largest absolute Gasteiger partial charge is 0.497 e. The van der Waals surface area contributed by atoms with Crippen molar-refractivity contribution in [2.75, 3.05) is 19.8 Å². The van der Waals surface area contributed by atoms with E-state index in [-0.39, 0.29) is 0 Å². The Hall–Kier alpha value is -0.540. The third-order valence-electron chi connectivity index (χ3n) is 3.75. The molecule has 18 heavy (non-hydrogen) atoms. The van der Waals surface area contributed by atoms with Gasteiger partial charge in [0.1, 0.15) is 5.76 Å². The molecular weight excluding hydrogens is 226 g/mol. The van der Waals surface area contributed by atoms with Crippen molar-refractivity contribution < 1.29 is 9.47 Å². The molecule has 0 radical (unpaired) electrons. The van der Waals surface area contributed by atoms with Gasteiger partial charge in [0, 0.05) is 6.61 Å². The van der Waals surface area contributed by atoms with Crippen molar-refractivity contribution in [2.45, 2.75) is 64.0 Å². The van der Waals surface area contributed by atoms with Gasteiger partial charge < -0.3 is 14.8 Å². The van der Waals surface area contributed by atoms with Gasteiger partial charge in [-0.25, -0.2) is 0 Å². The van der Waals surface area contributed by atoms with Crippen molar-refractivity contribution in [3.05, 3.63) is 11.8 Å². The smallest absolute Gasteiger partial charge is 0.109 e. The van der Waals surface area contributed by atoms with Crippen molar-refractivity contribution in [1.82, 2.24) is 5.32 Å². The van der Waals surface area contributed by atoms with Gasteiger partial charge in [-0.2, -0.15) is 0 Å². The van der Waals surface area contributed by atoms with Crippen LogP contribution in [0.1, 0.15) is 51.9 Å². The molecular formula is C15H27NO2. The highest BCUT2D eigenvalue weighted by Gasteiger charge is 2.21. The van der Waals surface area contributed by atoms with Gasteiger partial charge in [-0.1, -0.05) is 6.92 Å². The van der Waals surface area contributed by atoms with Crippen LogP contribution in [0.2, 0.25) is 0 Å². The predicted molar refractivity (Wildman–Crippen MR) is 73.6 cm³/mol. The monoisotopic (exact) mass is 253 g/mol. The number of nitrogens with one attached hydrogen (secondary N) is 1. The number of hydrogen-bond donors (Lipinski definition) is 1. The molecule has 0 bridgehead atoms. The maximum absolute atomic E-state index is 5.81. The summed E-state index contributed by atoms with van der Waals surface area (Å²) in [5.74, 6) is 1.17. The van der Waals surface area contributed by atoms with Crippen LogP contribution in [0.25, 0.3) is 0 Å². The molecule has 2 unspecified atom stereocenters. The first kappa shape index (κ1) is 13.9. The Balaban J connectivity index is 1.81. The van der Waals surface area contributed by atoms with Crippen molar-refractivity contribution in [1.29, 1.82) is 0 Å². The van der Waals surface area contributed by atoms with E-state index >= 15 is 0 Å². The van der Waals surface area contributed by atoms with E-state index in [1.807, 2.05) is 0 Å². The Labute approximate surface area is 111 Å². The van der Waals surface area contributed by atoms with Crippen LogP contribution in [0.5, 0.6) is 0 Å². The SMILES string of the molecule is CCCNC(CCC1CCCO1)C1=CCCCO1. The summed E-state index contributed by atoms with van der Waals surface area (Å²) in [4.78, 5) is 0. The lowest BCUT2D eigenvalue weighted by Gasteiger charge is -2.25. The molecule has 0 saturated carbocycles. The van der Waals surface area contributed by atoms with Gasteiger partial charge in [-0.15, -0.1) is 0 Å². The lowest BCUT2D eigenvalue weighted by Crippen LogP contribution is -2.34. The fraction of sp³-hybridized carbons (Fsp3) is 0.867. The molecule has 2 aliphatic rings. The second-order valence-corrected chi connectivity index (χ2v) is 5.32. The maximum atomic E-state index is 5.81. The zero-order valence-corrected chi connectivity index (χ0v) is 11.6. The highest BCUT2D eigenvalue weighted by molar-refractivity contribution is 5.05. The zero-order valence-electron chi connectivity index (χ0n) is 11.6. The van der Waals surface area contributed by atoms with Crippen LogP contribution in [0.3, 0.4) is 0 Å². The molecule has 104 valence electrons. The third-order valence-corrected chi connectivity index (χ3v) is 3.75. The fourth-order valence-electron chi connectivity index (χ4n) is 2.71. The van der Waals surface area contributed by atoms with E-state index in [1.165, 1.54) is 31.4 Å². The average Bonchev–Trinajstić information content (AvgIpc) is 2.93. The third kappa shape index (κ3) is 4.29. The number of hydrogen-bond acceptors (Lipinski definition) is 3. The van der Waals surface area contributed by atoms with Crippen LogP contribution in [0.15, 0.2) is 11.8 Å². The zero-order chi connectivity index (χ0) is 12.6. The van der Waals surface area contributed by atoms with Crippen molar-refractivity contribution in [3.63, 3.8) is 0 Å². The van der Waals surface area contributed by atoms with E-state index in [2.05, 4.69) is 18.3 Å². The Bertz CT molecular complexity index is 259. The summed E-state index contributed by atoms with van der Waals surface area (Å²) in [7, 11) is 0. The molecule has 2 rings (SSSR count). The molecule has 0 aromatic heterocycles. The van der Waals surface area contributed by atoms with Crippen LogP contribution in [-0.2, 0) is 9.47 Å². The van der Waals surface area contributed by atoms with Gasteiger partial charge in [-0.05, 0) is 57.6 Å². The summed E-state index contributed by atoms with van der Waals surface area (Å²) in [5, 5.41) is 3.61. The highest BCUT2D eigenvalue weighted by Crippen LogP contribution is 2.22. The van der Waals surface area contributed by atoms with E-state index in [1.54, 1.807) is 0 Å². The summed E-state index contributed by atoms with van der Waals surface area (Å²) < 4.78 is 11.5. The van der Waals surface area contributed by atoms with Gasteiger partial charge in [0.05, 0.1) is 18.8 Å². The minimum atomic E-state index is 0.398. The summed E-state index contributed by atoms with van der Waals surface area (Å²) in [6.45, 7) is 5.12. The Kier molecular flexibility index (Phi) is 6.01.